The number of phenolic OH excluding ortho intramolecular Hbond substituents is 1. The molecule has 19 heavy (non-hydrogen) atoms. The highest BCUT2D eigenvalue weighted by molar-refractivity contribution is 5.34. The van der Waals surface area contributed by atoms with Gasteiger partial charge in [0.15, 0.2) is 0 Å². The molecule has 0 bridgehead atoms. The number of phenols is 1. The summed E-state index contributed by atoms with van der Waals surface area (Å²) in [6.45, 7) is 2.70. The Morgan fingerprint density at radius 1 is 1.16 bits per heavy atom. The molecule has 0 amide bonds. The Morgan fingerprint density at radius 2 is 1.89 bits per heavy atom. The molecule has 3 heteroatoms. The van der Waals surface area contributed by atoms with E-state index in [2.05, 4.69) is 17.4 Å². The average Bonchev–Trinajstić information content (AvgIpc) is 2.42. The predicted octanol–water partition coefficient (Wildman–Crippen LogP) is 3.42. The van der Waals surface area contributed by atoms with Gasteiger partial charge in [0.1, 0.15) is 11.6 Å². The van der Waals surface area contributed by atoms with Crippen molar-refractivity contribution >= 4 is 0 Å². The van der Waals surface area contributed by atoms with Gasteiger partial charge in [0.2, 0.25) is 0 Å². The number of benzene rings is 2. The number of aromatic hydroxyl groups is 1. The fourth-order valence-corrected chi connectivity index (χ4v) is 2.06. The van der Waals surface area contributed by atoms with Crippen LogP contribution in [-0.2, 0) is 6.42 Å². The second kappa shape index (κ2) is 6.34. The number of nitrogens with one attached hydrogen (secondary N) is 1. The molecule has 0 heterocycles. The third-order valence-corrected chi connectivity index (χ3v) is 3.16. The Labute approximate surface area is 112 Å². The van der Waals surface area contributed by atoms with Crippen LogP contribution in [-0.4, -0.2) is 11.7 Å². The van der Waals surface area contributed by atoms with Crippen molar-refractivity contribution < 1.29 is 9.50 Å². The van der Waals surface area contributed by atoms with E-state index >= 15 is 0 Å². The molecular formula is C16H18FNO. The van der Waals surface area contributed by atoms with Crippen LogP contribution in [0.2, 0.25) is 0 Å². The van der Waals surface area contributed by atoms with Crippen LogP contribution in [0.5, 0.6) is 5.75 Å². The normalized spacial score (nSPS) is 12.3. The Balaban J connectivity index is 1.91. The third-order valence-electron chi connectivity index (χ3n) is 3.16. The van der Waals surface area contributed by atoms with Crippen molar-refractivity contribution in [3.8, 4) is 5.75 Å². The van der Waals surface area contributed by atoms with Gasteiger partial charge in [-0.2, -0.15) is 0 Å². The van der Waals surface area contributed by atoms with Crippen molar-refractivity contribution in [3.05, 3.63) is 65.5 Å². The van der Waals surface area contributed by atoms with Crippen molar-refractivity contribution in [2.75, 3.05) is 6.54 Å². The van der Waals surface area contributed by atoms with Crippen LogP contribution in [0, 0.1) is 5.82 Å². The van der Waals surface area contributed by atoms with E-state index in [0.29, 0.717) is 5.56 Å². The number of rotatable bonds is 5. The molecule has 0 aliphatic heterocycles. The summed E-state index contributed by atoms with van der Waals surface area (Å²) < 4.78 is 13.2. The summed E-state index contributed by atoms with van der Waals surface area (Å²) in [5.41, 5.74) is 1.85. The molecule has 1 atom stereocenters. The van der Waals surface area contributed by atoms with E-state index in [4.69, 9.17) is 0 Å². The molecule has 0 fully saturated rings. The zero-order chi connectivity index (χ0) is 13.7. The van der Waals surface area contributed by atoms with Crippen LogP contribution in [0.15, 0.2) is 48.5 Å². The Hall–Kier alpha value is -1.87. The van der Waals surface area contributed by atoms with Crippen LogP contribution in [0.3, 0.4) is 0 Å². The maximum atomic E-state index is 13.2. The first-order chi connectivity index (χ1) is 9.16. The van der Waals surface area contributed by atoms with Gasteiger partial charge >= 0.3 is 0 Å². The lowest BCUT2D eigenvalue weighted by Gasteiger charge is -2.15. The van der Waals surface area contributed by atoms with Crippen molar-refractivity contribution in [2.45, 2.75) is 19.4 Å². The molecule has 2 aromatic rings. The zero-order valence-electron chi connectivity index (χ0n) is 10.9. The lowest BCUT2D eigenvalue weighted by Crippen LogP contribution is -2.21. The smallest absolute Gasteiger partial charge is 0.123 e. The quantitative estimate of drug-likeness (QED) is 0.862. The summed E-state index contributed by atoms with van der Waals surface area (Å²) in [5.74, 6) is -0.203. The molecule has 0 saturated carbocycles. The summed E-state index contributed by atoms with van der Waals surface area (Å²) >= 11 is 0. The Bertz CT molecular complexity index is 528. The molecule has 2 nitrogen and oxygen atoms in total. The monoisotopic (exact) mass is 259 g/mol. The van der Waals surface area contributed by atoms with Crippen molar-refractivity contribution in [1.29, 1.82) is 0 Å². The third kappa shape index (κ3) is 3.80. The van der Waals surface area contributed by atoms with E-state index in [1.807, 2.05) is 25.1 Å². The second-order valence-corrected chi connectivity index (χ2v) is 4.61. The predicted molar refractivity (Wildman–Crippen MR) is 74.6 cm³/mol. The zero-order valence-corrected chi connectivity index (χ0v) is 10.9. The minimum atomic E-state index is -0.329. The van der Waals surface area contributed by atoms with Gasteiger partial charge in [0, 0.05) is 11.6 Å². The maximum Gasteiger partial charge on any atom is 0.123 e. The van der Waals surface area contributed by atoms with E-state index in [0.717, 1.165) is 13.0 Å². The number of halogens is 1. The van der Waals surface area contributed by atoms with Gasteiger partial charge in [-0.1, -0.05) is 30.3 Å². The van der Waals surface area contributed by atoms with E-state index < -0.39 is 0 Å². The molecule has 0 aromatic heterocycles. The largest absolute Gasteiger partial charge is 0.508 e. The van der Waals surface area contributed by atoms with Gasteiger partial charge in [-0.15, -0.1) is 0 Å². The van der Waals surface area contributed by atoms with E-state index in [1.165, 1.54) is 23.8 Å². The molecule has 2 aromatic carbocycles. The number of hydrogen-bond acceptors (Lipinski definition) is 2. The summed E-state index contributed by atoms with van der Waals surface area (Å²) in [7, 11) is 0. The van der Waals surface area contributed by atoms with Gasteiger partial charge in [0.25, 0.3) is 0 Å². The molecule has 2 N–H and O–H groups in total. The highest BCUT2D eigenvalue weighted by atomic mass is 19.1. The van der Waals surface area contributed by atoms with Crippen molar-refractivity contribution in [2.24, 2.45) is 0 Å². The first-order valence-corrected chi connectivity index (χ1v) is 6.42. The molecule has 0 radical (unpaired) electrons. The van der Waals surface area contributed by atoms with Gasteiger partial charge in [-0.3, -0.25) is 0 Å². The van der Waals surface area contributed by atoms with Gasteiger partial charge < -0.3 is 10.4 Å². The van der Waals surface area contributed by atoms with E-state index in [1.54, 1.807) is 0 Å². The number of hydrogen-bond donors (Lipinski definition) is 2. The standard InChI is InChI=1S/C16H18FNO/c1-12(15-11-14(17)7-8-16(15)19)18-10-9-13-5-3-2-4-6-13/h2-8,11-12,18-19H,9-10H2,1H3. The lowest BCUT2D eigenvalue weighted by molar-refractivity contribution is 0.450. The molecule has 0 aliphatic rings. The molecule has 0 spiro atoms. The van der Waals surface area contributed by atoms with Gasteiger partial charge in [-0.25, -0.2) is 4.39 Å². The summed E-state index contributed by atoms with van der Waals surface area (Å²) in [4.78, 5) is 0. The first kappa shape index (κ1) is 13.6. The average molecular weight is 259 g/mol. The lowest BCUT2D eigenvalue weighted by atomic mass is 10.1. The Kier molecular flexibility index (Phi) is 4.53. The molecule has 0 saturated heterocycles. The fourth-order valence-electron chi connectivity index (χ4n) is 2.06. The topological polar surface area (TPSA) is 32.3 Å². The maximum absolute atomic E-state index is 13.2. The van der Waals surface area contributed by atoms with Crippen LogP contribution >= 0.6 is 0 Å². The second-order valence-electron chi connectivity index (χ2n) is 4.61. The summed E-state index contributed by atoms with van der Waals surface area (Å²) in [6, 6.07) is 14.1. The van der Waals surface area contributed by atoms with Crippen molar-refractivity contribution in [3.63, 3.8) is 0 Å². The molecule has 100 valence electrons. The molecule has 0 aliphatic carbocycles. The molecule has 2 rings (SSSR count). The Morgan fingerprint density at radius 3 is 2.63 bits per heavy atom. The van der Waals surface area contributed by atoms with Crippen molar-refractivity contribution in [1.82, 2.24) is 5.32 Å². The van der Waals surface area contributed by atoms with Crippen LogP contribution in [0.4, 0.5) is 4.39 Å². The fraction of sp³-hybridized carbons (Fsp3) is 0.250. The minimum absolute atomic E-state index is 0.0839. The highest BCUT2D eigenvalue weighted by Crippen LogP contribution is 2.24. The summed E-state index contributed by atoms with van der Waals surface area (Å²) in [5, 5.41) is 13.0. The highest BCUT2D eigenvalue weighted by Gasteiger charge is 2.10. The first-order valence-electron chi connectivity index (χ1n) is 6.42. The SMILES string of the molecule is CC(NCCc1ccccc1)c1cc(F)ccc1O. The van der Waals surface area contributed by atoms with E-state index in [-0.39, 0.29) is 17.6 Å². The van der Waals surface area contributed by atoms with Gasteiger partial charge in [-0.05, 0) is 43.7 Å². The molecular weight excluding hydrogens is 241 g/mol. The van der Waals surface area contributed by atoms with Gasteiger partial charge in [0.05, 0.1) is 0 Å². The minimum Gasteiger partial charge on any atom is -0.508 e. The van der Waals surface area contributed by atoms with Crippen LogP contribution in [0.1, 0.15) is 24.1 Å². The van der Waals surface area contributed by atoms with E-state index in [9.17, 15) is 9.50 Å². The molecule has 1 unspecified atom stereocenters. The van der Waals surface area contributed by atoms with Crippen LogP contribution < -0.4 is 5.32 Å². The van der Waals surface area contributed by atoms with Crippen LogP contribution in [0.25, 0.3) is 0 Å². The summed E-state index contributed by atoms with van der Waals surface area (Å²) in [6.07, 6.45) is 0.904.